The van der Waals surface area contributed by atoms with Crippen LogP contribution in [0.4, 0.5) is 0 Å². The normalized spacial score (nSPS) is 10.8. The van der Waals surface area contributed by atoms with Gasteiger partial charge in [-0.15, -0.1) is 11.3 Å². The van der Waals surface area contributed by atoms with Crippen molar-refractivity contribution >= 4 is 21.4 Å². The number of thiophene rings is 1. The maximum Gasteiger partial charge on any atom is 0.0384 e. The molecule has 1 heteroatoms. The molecule has 0 radical (unpaired) electrons. The molecule has 1 aromatic heterocycles. The minimum Gasteiger partial charge on any atom is -0.135 e. The first-order valence-corrected chi connectivity index (χ1v) is 6.21. The van der Waals surface area contributed by atoms with Crippen molar-refractivity contribution in [2.45, 2.75) is 6.92 Å². The Balaban J connectivity index is 2.29. The van der Waals surface area contributed by atoms with Gasteiger partial charge >= 0.3 is 0 Å². The lowest BCUT2D eigenvalue weighted by atomic mass is 10.1. The van der Waals surface area contributed by atoms with Gasteiger partial charge in [-0.1, -0.05) is 48.5 Å². The Kier molecular flexibility index (Phi) is 2.26. The highest BCUT2D eigenvalue weighted by Crippen LogP contribution is 2.37. The number of hydrogen-bond donors (Lipinski definition) is 0. The lowest BCUT2D eigenvalue weighted by Crippen LogP contribution is -1.74. The predicted molar refractivity (Wildman–Crippen MR) is 72.0 cm³/mol. The van der Waals surface area contributed by atoms with Gasteiger partial charge in [0.05, 0.1) is 0 Å². The zero-order valence-electron chi connectivity index (χ0n) is 9.10. The maximum absolute atomic E-state index is 2.21. The Bertz CT molecular complexity index is 620. The van der Waals surface area contributed by atoms with Crippen molar-refractivity contribution in [3.63, 3.8) is 0 Å². The van der Waals surface area contributed by atoms with Crippen molar-refractivity contribution in [1.82, 2.24) is 0 Å². The molecule has 0 unspecified atom stereocenters. The summed E-state index contributed by atoms with van der Waals surface area (Å²) in [6.07, 6.45) is 0. The average Bonchev–Trinajstić information content (AvgIpc) is 2.69. The van der Waals surface area contributed by atoms with Crippen LogP contribution in [0.1, 0.15) is 5.56 Å². The first-order chi connectivity index (χ1) is 7.86. The standard InChI is InChI=1S/C15H12S/c1-11-13-9-5-6-10-14(13)16-15(11)12-7-3-2-4-8-12/h2-10H,1H3. The van der Waals surface area contributed by atoms with Crippen LogP contribution in [-0.4, -0.2) is 0 Å². The van der Waals surface area contributed by atoms with Gasteiger partial charge in [-0.05, 0) is 29.5 Å². The molecule has 78 valence electrons. The molecular formula is C15H12S. The molecule has 0 saturated heterocycles. The molecule has 0 amide bonds. The molecular weight excluding hydrogens is 212 g/mol. The Morgan fingerprint density at radius 2 is 1.50 bits per heavy atom. The molecule has 3 aromatic rings. The summed E-state index contributed by atoms with van der Waals surface area (Å²) in [6, 6.07) is 19.2. The van der Waals surface area contributed by atoms with Gasteiger partial charge in [0, 0.05) is 9.58 Å². The second-order valence-corrected chi connectivity index (χ2v) is 4.97. The molecule has 2 aromatic carbocycles. The van der Waals surface area contributed by atoms with Crippen molar-refractivity contribution in [3.05, 3.63) is 60.2 Å². The summed E-state index contributed by atoms with van der Waals surface area (Å²) in [7, 11) is 0. The monoisotopic (exact) mass is 224 g/mol. The van der Waals surface area contributed by atoms with Crippen LogP contribution in [0.2, 0.25) is 0 Å². The van der Waals surface area contributed by atoms with E-state index in [0.717, 1.165) is 0 Å². The summed E-state index contributed by atoms with van der Waals surface area (Å²) in [5, 5.41) is 1.38. The molecule has 0 aliphatic rings. The Labute approximate surface area is 99.2 Å². The van der Waals surface area contributed by atoms with E-state index in [-0.39, 0.29) is 0 Å². The third-order valence-electron chi connectivity index (χ3n) is 2.88. The molecule has 0 N–H and O–H groups in total. The van der Waals surface area contributed by atoms with Gasteiger partial charge in [0.2, 0.25) is 0 Å². The van der Waals surface area contributed by atoms with Crippen molar-refractivity contribution in [2.24, 2.45) is 0 Å². The minimum absolute atomic E-state index is 1.32. The van der Waals surface area contributed by atoms with Gasteiger partial charge in [-0.25, -0.2) is 0 Å². The van der Waals surface area contributed by atoms with Gasteiger partial charge < -0.3 is 0 Å². The van der Waals surface area contributed by atoms with Crippen molar-refractivity contribution in [1.29, 1.82) is 0 Å². The van der Waals surface area contributed by atoms with E-state index < -0.39 is 0 Å². The van der Waals surface area contributed by atoms with Crippen LogP contribution in [0.3, 0.4) is 0 Å². The van der Waals surface area contributed by atoms with Crippen molar-refractivity contribution in [2.75, 3.05) is 0 Å². The minimum atomic E-state index is 1.32. The Morgan fingerprint density at radius 3 is 2.25 bits per heavy atom. The average molecular weight is 224 g/mol. The third kappa shape index (κ3) is 1.44. The lowest BCUT2D eigenvalue weighted by Gasteiger charge is -1.98. The molecule has 0 spiro atoms. The van der Waals surface area contributed by atoms with Gasteiger partial charge in [0.15, 0.2) is 0 Å². The van der Waals surface area contributed by atoms with Crippen LogP contribution in [0.25, 0.3) is 20.5 Å². The highest BCUT2D eigenvalue weighted by molar-refractivity contribution is 7.22. The quantitative estimate of drug-likeness (QED) is 0.553. The zero-order chi connectivity index (χ0) is 11.0. The van der Waals surface area contributed by atoms with Crippen LogP contribution in [0.15, 0.2) is 54.6 Å². The summed E-state index contributed by atoms with van der Waals surface area (Å²) < 4.78 is 1.37. The van der Waals surface area contributed by atoms with Crippen molar-refractivity contribution < 1.29 is 0 Å². The summed E-state index contributed by atoms with van der Waals surface area (Å²) in [5.74, 6) is 0. The maximum atomic E-state index is 2.21. The number of fused-ring (bicyclic) bond motifs is 1. The molecule has 0 aliphatic heterocycles. The molecule has 0 bridgehead atoms. The van der Waals surface area contributed by atoms with Gasteiger partial charge in [0.25, 0.3) is 0 Å². The molecule has 0 nitrogen and oxygen atoms in total. The van der Waals surface area contributed by atoms with E-state index in [9.17, 15) is 0 Å². The van der Waals surface area contributed by atoms with Gasteiger partial charge in [-0.2, -0.15) is 0 Å². The number of rotatable bonds is 1. The van der Waals surface area contributed by atoms with E-state index in [1.165, 1.54) is 26.1 Å². The van der Waals surface area contributed by atoms with Crippen LogP contribution in [0, 0.1) is 6.92 Å². The molecule has 1 heterocycles. The molecule has 0 saturated carbocycles. The lowest BCUT2D eigenvalue weighted by molar-refractivity contribution is 1.57. The van der Waals surface area contributed by atoms with Crippen LogP contribution >= 0.6 is 11.3 Å². The van der Waals surface area contributed by atoms with Gasteiger partial charge in [-0.3, -0.25) is 0 Å². The second kappa shape index (κ2) is 3.76. The number of aryl methyl sites for hydroxylation is 1. The molecule has 0 aliphatic carbocycles. The number of benzene rings is 2. The van der Waals surface area contributed by atoms with E-state index in [1.807, 2.05) is 11.3 Å². The third-order valence-corrected chi connectivity index (χ3v) is 4.20. The smallest absolute Gasteiger partial charge is 0.0384 e. The van der Waals surface area contributed by atoms with E-state index in [4.69, 9.17) is 0 Å². The van der Waals surface area contributed by atoms with Crippen molar-refractivity contribution in [3.8, 4) is 10.4 Å². The first-order valence-electron chi connectivity index (χ1n) is 5.40. The molecule has 0 atom stereocenters. The molecule has 3 rings (SSSR count). The summed E-state index contributed by atoms with van der Waals surface area (Å²) in [6.45, 7) is 2.21. The highest BCUT2D eigenvalue weighted by Gasteiger charge is 2.08. The SMILES string of the molecule is Cc1c(-c2ccccc2)sc2ccccc12. The van der Waals surface area contributed by atoms with Crippen LogP contribution in [-0.2, 0) is 0 Å². The summed E-state index contributed by atoms with van der Waals surface area (Å²) in [4.78, 5) is 1.39. The first kappa shape index (κ1) is 9.61. The topological polar surface area (TPSA) is 0 Å². The predicted octanol–water partition coefficient (Wildman–Crippen LogP) is 4.88. The van der Waals surface area contributed by atoms with E-state index >= 15 is 0 Å². The van der Waals surface area contributed by atoms with Gasteiger partial charge in [0.1, 0.15) is 0 Å². The zero-order valence-corrected chi connectivity index (χ0v) is 9.92. The highest BCUT2D eigenvalue weighted by atomic mass is 32.1. The fraction of sp³-hybridized carbons (Fsp3) is 0.0667. The molecule has 0 fully saturated rings. The Hall–Kier alpha value is -1.60. The largest absolute Gasteiger partial charge is 0.135 e. The Morgan fingerprint density at radius 1 is 0.812 bits per heavy atom. The molecule has 16 heavy (non-hydrogen) atoms. The second-order valence-electron chi connectivity index (χ2n) is 3.92. The van der Waals surface area contributed by atoms with E-state index in [2.05, 4.69) is 61.5 Å². The van der Waals surface area contributed by atoms with E-state index in [0.29, 0.717) is 0 Å². The number of hydrogen-bond acceptors (Lipinski definition) is 1. The fourth-order valence-corrected chi connectivity index (χ4v) is 3.25. The van der Waals surface area contributed by atoms with Crippen LogP contribution in [0.5, 0.6) is 0 Å². The fourth-order valence-electron chi connectivity index (χ4n) is 2.04. The van der Waals surface area contributed by atoms with E-state index in [1.54, 1.807) is 0 Å². The summed E-state index contributed by atoms with van der Waals surface area (Å²) >= 11 is 1.88. The van der Waals surface area contributed by atoms with Crippen LogP contribution < -0.4 is 0 Å². The summed E-state index contributed by atoms with van der Waals surface area (Å²) in [5.41, 5.74) is 2.72.